The summed E-state index contributed by atoms with van der Waals surface area (Å²) >= 11 is 0. The zero-order chi connectivity index (χ0) is 23.9. The van der Waals surface area contributed by atoms with Crippen molar-refractivity contribution >= 4 is 21.9 Å². The molecule has 35 heavy (non-hydrogen) atoms. The van der Waals surface area contributed by atoms with Gasteiger partial charge in [0.05, 0.1) is 17.3 Å². The minimum atomic E-state index is -0.320. The van der Waals surface area contributed by atoms with Crippen LogP contribution in [0.5, 0.6) is 0 Å². The minimum absolute atomic E-state index is 0.320. The van der Waals surface area contributed by atoms with Crippen LogP contribution in [0.15, 0.2) is 102 Å². The summed E-state index contributed by atoms with van der Waals surface area (Å²) in [6.07, 6.45) is 1.52. The summed E-state index contributed by atoms with van der Waals surface area (Å²) in [4.78, 5) is 4.43. The van der Waals surface area contributed by atoms with E-state index in [0.29, 0.717) is 33.6 Å². The number of fused-ring (bicyclic) bond motifs is 3. The summed E-state index contributed by atoms with van der Waals surface area (Å²) in [6.45, 7) is 1.68. The van der Waals surface area contributed by atoms with Crippen molar-refractivity contribution in [1.29, 1.82) is 5.26 Å². The van der Waals surface area contributed by atoms with E-state index in [4.69, 9.17) is 4.42 Å². The highest BCUT2D eigenvalue weighted by molar-refractivity contribution is 6.15. The predicted octanol–water partition coefficient (Wildman–Crippen LogP) is 8.30. The lowest BCUT2D eigenvalue weighted by Gasteiger charge is -2.07. The fraction of sp³-hybridized carbons (Fsp3) is 0.0323. The number of aryl methyl sites for hydroxylation is 1. The van der Waals surface area contributed by atoms with E-state index in [2.05, 4.69) is 35.3 Å². The van der Waals surface area contributed by atoms with Crippen molar-refractivity contribution in [3.8, 4) is 39.6 Å². The minimum Gasteiger partial charge on any atom is -0.455 e. The first kappa shape index (κ1) is 20.8. The monoisotopic (exact) mass is 454 g/mol. The van der Waals surface area contributed by atoms with Crippen molar-refractivity contribution in [2.75, 3.05) is 0 Å². The lowest BCUT2D eigenvalue weighted by Crippen LogP contribution is -1.89. The molecule has 6 aromatic rings. The SMILES string of the molecule is Cc1cnc(-c2cccc3c2oc2c(-c4cccc(-c5ccccc5)c4)ccc(C#N)c23)cc1F. The topological polar surface area (TPSA) is 49.8 Å². The molecule has 0 N–H and O–H groups in total. The van der Waals surface area contributed by atoms with Gasteiger partial charge >= 0.3 is 0 Å². The van der Waals surface area contributed by atoms with Gasteiger partial charge in [-0.05, 0) is 47.9 Å². The van der Waals surface area contributed by atoms with Gasteiger partial charge in [0, 0.05) is 39.7 Å². The van der Waals surface area contributed by atoms with Crippen molar-refractivity contribution in [1.82, 2.24) is 4.98 Å². The number of furan rings is 1. The third-order valence-electron chi connectivity index (χ3n) is 6.36. The molecular weight excluding hydrogens is 435 g/mol. The summed E-state index contributed by atoms with van der Waals surface area (Å²) < 4.78 is 20.8. The van der Waals surface area contributed by atoms with Gasteiger partial charge < -0.3 is 4.42 Å². The molecule has 2 aromatic heterocycles. The smallest absolute Gasteiger partial charge is 0.144 e. The first-order valence-corrected chi connectivity index (χ1v) is 11.3. The Kier molecular flexibility index (Phi) is 4.90. The van der Waals surface area contributed by atoms with Crippen LogP contribution in [0.4, 0.5) is 4.39 Å². The Hall–Kier alpha value is -4.75. The van der Waals surface area contributed by atoms with Crippen LogP contribution in [0.2, 0.25) is 0 Å². The Bertz CT molecular complexity index is 1780. The quantitative estimate of drug-likeness (QED) is 0.270. The molecule has 0 aliphatic carbocycles. The molecule has 0 fully saturated rings. The molecule has 0 bridgehead atoms. The number of nitriles is 1. The van der Waals surface area contributed by atoms with Crippen molar-refractivity contribution < 1.29 is 8.81 Å². The summed E-state index contributed by atoms with van der Waals surface area (Å²) in [5, 5.41) is 11.4. The van der Waals surface area contributed by atoms with Gasteiger partial charge in [-0.1, -0.05) is 60.7 Å². The van der Waals surface area contributed by atoms with Crippen molar-refractivity contribution in [3.63, 3.8) is 0 Å². The molecule has 6 rings (SSSR count). The van der Waals surface area contributed by atoms with Crippen molar-refractivity contribution in [3.05, 3.63) is 114 Å². The average Bonchev–Trinajstić information content (AvgIpc) is 3.30. The van der Waals surface area contributed by atoms with Crippen LogP contribution in [0.1, 0.15) is 11.1 Å². The predicted molar refractivity (Wildman–Crippen MR) is 137 cm³/mol. The maximum absolute atomic E-state index is 14.3. The van der Waals surface area contributed by atoms with E-state index in [1.54, 1.807) is 6.92 Å². The first-order valence-electron chi connectivity index (χ1n) is 11.3. The van der Waals surface area contributed by atoms with Crippen LogP contribution in [-0.4, -0.2) is 4.98 Å². The van der Waals surface area contributed by atoms with E-state index >= 15 is 0 Å². The number of pyridine rings is 1. The summed E-state index contributed by atoms with van der Waals surface area (Å²) in [7, 11) is 0. The molecule has 4 heteroatoms. The van der Waals surface area contributed by atoms with E-state index in [9.17, 15) is 9.65 Å². The normalized spacial score (nSPS) is 11.1. The number of halogens is 1. The second-order valence-electron chi connectivity index (χ2n) is 8.53. The summed E-state index contributed by atoms with van der Waals surface area (Å²) in [6, 6.07) is 31.6. The number of para-hydroxylation sites is 1. The summed E-state index contributed by atoms with van der Waals surface area (Å²) in [5.41, 5.74) is 7.50. The number of rotatable bonds is 3. The van der Waals surface area contributed by atoms with E-state index in [0.717, 1.165) is 33.0 Å². The Morgan fingerprint density at radius 2 is 1.54 bits per heavy atom. The van der Waals surface area contributed by atoms with Gasteiger partial charge in [-0.2, -0.15) is 5.26 Å². The third kappa shape index (κ3) is 3.46. The van der Waals surface area contributed by atoms with Gasteiger partial charge in [-0.15, -0.1) is 0 Å². The fourth-order valence-corrected chi connectivity index (χ4v) is 4.57. The Morgan fingerprint density at radius 1 is 0.771 bits per heavy atom. The number of aromatic nitrogens is 1. The molecule has 0 aliphatic rings. The van der Waals surface area contributed by atoms with Crippen LogP contribution in [0.3, 0.4) is 0 Å². The van der Waals surface area contributed by atoms with Crippen LogP contribution >= 0.6 is 0 Å². The highest BCUT2D eigenvalue weighted by Crippen LogP contribution is 2.41. The van der Waals surface area contributed by atoms with Crippen molar-refractivity contribution in [2.24, 2.45) is 0 Å². The molecule has 166 valence electrons. The molecule has 0 spiro atoms. The molecule has 0 amide bonds. The number of hydrogen-bond donors (Lipinski definition) is 0. The molecule has 0 saturated carbocycles. The lowest BCUT2D eigenvalue weighted by molar-refractivity contribution is 0.616. The molecule has 4 aromatic carbocycles. The van der Waals surface area contributed by atoms with Crippen LogP contribution in [0.25, 0.3) is 55.4 Å². The van der Waals surface area contributed by atoms with E-state index < -0.39 is 0 Å². The van der Waals surface area contributed by atoms with E-state index in [1.807, 2.05) is 60.7 Å². The van der Waals surface area contributed by atoms with Crippen molar-refractivity contribution in [2.45, 2.75) is 6.92 Å². The first-order chi connectivity index (χ1) is 17.1. The zero-order valence-electron chi connectivity index (χ0n) is 18.9. The summed E-state index contributed by atoms with van der Waals surface area (Å²) in [5.74, 6) is -0.320. The molecule has 2 heterocycles. The molecule has 0 radical (unpaired) electrons. The van der Waals surface area contributed by atoms with E-state index in [1.165, 1.54) is 12.3 Å². The zero-order valence-corrected chi connectivity index (χ0v) is 18.9. The number of hydrogen-bond acceptors (Lipinski definition) is 3. The van der Waals surface area contributed by atoms with Crippen LogP contribution in [0, 0.1) is 24.1 Å². The fourth-order valence-electron chi connectivity index (χ4n) is 4.57. The number of nitrogens with zero attached hydrogens (tertiary/aromatic N) is 2. The second kappa shape index (κ2) is 8.23. The van der Waals surface area contributed by atoms with Crippen LogP contribution in [-0.2, 0) is 0 Å². The lowest BCUT2D eigenvalue weighted by atomic mass is 9.95. The van der Waals surface area contributed by atoms with Gasteiger partial charge in [-0.25, -0.2) is 4.39 Å². The Balaban J connectivity index is 1.62. The Labute approximate surface area is 201 Å². The van der Waals surface area contributed by atoms with Gasteiger partial charge in [0.15, 0.2) is 0 Å². The number of benzene rings is 4. The molecular formula is C31H19FN2O. The molecule has 0 saturated heterocycles. The van der Waals surface area contributed by atoms with Gasteiger partial charge in [-0.3, -0.25) is 4.98 Å². The second-order valence-corrected chi connectivity index (χ2v) is 8.53. The highest BCUT2D eigenvalue weighted by atomic mass is 19.1. The van der Waals surface area contributed by atoms with Crippen LogP contribution < -0.4 is 0 Å². The van der Waals surface area contributed by atoms with Gasteiger partial charge in [0.25, 0.3) is 0 Å². The van der Waals surface area contributed by atoms with Gasteiger partial charge in [0.2, 0.25) is 0 Å². The van der Waals surface area contributed by atoms with E-state index in [-0.39, 0.29) is 5.82 Å². The molecule has 3 nitrogen and oxygen atoms in total. The average molecular weight is 455 g/mol. The Morgan fingerprint density at radius 3 is 2.34 bits per heavy atom. The third-order valence-corrected chi connectivity index (χ3v) is 6.36. The molecule has 0 atom stereocenters. The molecule has 0 unspecified atom stereocenters. The maximum atomic E-state index is 14.3. The molecule has 0 aliphatic heterocycles. The van der Waals surface area contributed by atoms with Gasteiger partial charge in [0.1, 0.15) is 17.0 Å². The maximum Gasteiger partial charge on any atom is 0.144 e. The standard InChI is InChI=1S/C31H19FN2O/c1-19-18-34-28(16-27(19)32)25-11-6-12-26-29-23(17-33)13-14-24(31(29)35-30(25)26)22-10-5-9-21(15-22)20-7-3-2-4-8-20/h2-16,18H,1H3. The largest absolute Gasteiger partial charge is 0.455 e. The highest BCUT2D eigenvalue weighted by Gasteiger charge is 2.19.